The molecule has 0 bridgehead atoms. The summed E-state index contributed by atoms with van der Waals surface area (Å²) in [5.41, 5.74) is 0.412. The molecule has 1 saturated heterocycles. The van der Waals surface area contributed by atoms with E-state index < -0.39 is 41.9 Å². The van der Waals surface area contributed by atoms with Crippen LogP contribution in [0.25, 0.3) is 0 Å². The van der Waals surface area contributed by atoms with Crippen LogP contribution in [-0.4, -0.2) is 53.4 Å². The summed E-state index contributed by atoms with van der Waals surface area (Å²) in [4.78, 5) is 27.6. The number of anilines is 1. The zero-order chi connectivity index (χ0) is 27.1. The minimum Gasteiger partial charge on any atom is -0.394 e. The summed E-state index contributed by atoms with van der Waals surface area (Å²) in [5, 5.41) is 28.4. The molecular formula is C27H32Cl2FN3O4. The summed E-state index contributed by atoms with van der Waals surface area (Å²) in [6.07, 6.45) is -0.234. The first-order valence-corrected chi connectivity index (χ1v) is 13.0. The summed E-state index contributed by atoms with van der Waals surface area (Å²) in [6, 6.07) is 8.17. The Kier molecular flexibility index (Phi) is 7.89. The highest BCUT2D eigenvalue weighted by molar-refractivity contribution is 6.31. The third kappa shape index (κ3) is 5.22. The number of fused-ring (bicyclic) bond motifs is 2. The molecule has 4 rings (SSSR count). The van der Waals surface area contributed by atoms with Gasteiger partial charge in [-0.05, 0) is 53.6 Å². The Balaban J connectivity index is 1.87. The summed E-state index contributed by atoms with van der Waals surface area (Å²) in [6.45, 7) is 5.90. The first kappa shape index (κ1) is 27.8. The maximum Gasteiger partial charge on any atom is 0.237 e. The zero-order valence-corrected chi connectivity index (χ0v) is 22.5. The minimum atomic E-state index is -1.21. The van der Waals surface area contributed by atoms with Gasteiger partial charge in [0.25, 0.3) is 0 Å². The van der Waals surface area contributed by atoms with Crippen molar-refractivity contribution in [2.75, 3.05) is 18.5 Å². The Labute approximate surface area is 225 Å². The van der Waals surface area contributed by atoms with Gasteiger partial charge < -0.3 is 26.2 Å². The number of hydrogen-bond donors (Lipinski definition) is 5. The molecule has 2 aliphatic heterocycles. The van der Waals surface area contributed by atoms with Crippen molar-refractivity contribution in [3.05, 3.63) is 63.4 Å². The van der Waals surface area contributed by atoms with Crippen molar-refractivity contribution in [2.45, 2.75) is 63.1 Å². The molecule has 2 aromatic rings. The molecule has 1 spiro atoms. The van der Waals surface area contributed by atoms with Gasteiger partial charge in [0.15, 0.2) is 0 Å². The molecule has 5 unspecified atom stereocenters. The first-order valence-electron chi connectivity index (χ1n) is 12.3. The average molecular weight is 552 g/mol. The highest BCUT2D eigenvalue weighted by Gasteiger charge is 2.65. The van der Waals surface area contributed by atoms with Crippen LogP contribution in [-0.2, 0) is 15.0 Å². The number of nitrogens with one attached hydrogen (secondary N) is 3. The van der Waals surface area contributed by atoms with Gasteiger partial charge in [-0.2, -0.15) is 0 Å². The number of carbonyl (C=O) groups is 2. The van der Waals surface area contributed by atoms with Gasteiger partial charge in [0.05, 0.1) is 23.8 Å². The van der Waals surface area contributed by atoms with E-state index in [1.807, 2.05) is 6.07 Å². The van der Waals surface area contributed by atoms with E-state index in [1.54, 1.807) is 18.2 Å². The summed E-state index contributed by atoms with van der Waals surface area (Å²) in [5.74, 6) is -1.98. The Morgan fingerprint density at radius 2 is 1.95 bits per heavy atom. The molecule has 0 radical (unpaired) electrons. The average Bonchev–Trinajstić information content (AvgIpc) is 3.29. The third-order valence-corrected chi connectivity index (χ3v) is 7.72. The molecule has 1 fully saturated rings. The van der Waals surface area contributed by atoms with Crippen molar-refractivity contribution in [1.82, 2.24) is 10.6 Å². The second kappa shape index (κ2) is 10.5. The van der Waals surface area contributed by atoms with Crippen LogP contribution in [0.15, 0.2) is 36.4 Å². The van der Waals surface area contributed by atoms with Gasteiger partial charge in [-0.25, -0.2) is 4.39 Å². The summed E-state index contributed by atoms with van der Waals surface area (Å²) >= 11 is 12.4. The van der Waals surface area contributed by atoms with Crippen molar-refractivity contribution in [2.24, 2.45) is 5.41 Å². The van der Waals surface area contributed by atoms with Crippen molar-refractivity contribution >= 4 is 40.7 Å². The first-order chi connectivity index (χ1) is 17.4. The minimum absolute atomic E-state index is 0.105. The van der Waals surface area contributed by atoms with Gasteiger partial charge in [0, 0.05) is 29.2 Å². The molecule has 37 heavy (non-hydrogen) atoms. The van der Waals surface area contributed by atoms with E-state index in [9.17, 15) is 19.1 Å². The lowest BCUT2D eigenvalue weighted by atomic mass is 9.62. The molecule has 7 nitrogen and oxygen atoms in total. The van der Waals surface area contributed by atoms with Gasteiger partial charge >= 0.3 is 0 Å². The molecule has 2 amide bonds. The molecule has 200 valence electrons. The van der Waals surface area contributed by atoms with Crippen LogP contribution in [0, 0.1) is 11.2 Å². The zero-order valence-electron chi connectivity index (χ0n) is 20.9. The van der Waals surface area contributed by atoms with Crippen LogP contribution in [0.2, 0.25) is 10.0 Å². The lowest BCUT2D eigenvalue weighted by Gasteiger charge is -2.37. The highest BCUT2D eigenvalue weighted by atomic mass is 35.5. The smallest absolute Gasteiger partial charge is 0.237 e. The van der Waals surface area contributed by atoms with Crippen molar-refractivity contribution < 1.29 is 24.2 Å². The summed E-state index contributed by atoms with van der Waals surface area (Å²) < 4.78 is 14.2. The third-order valence-electron chi connectivity index (χ3n) is 7.19. The van der Waals surface area contributed by atoms with Gasteiger partial charge in [0.2, 0.25) is 11.8 Å². The van der Waals surface area contributed by atoms with E-state index in [0.29, 0.717) is 28.3 Å². The van der Waals surface area contributed by atoms with Gasteiger partial charge in [-0.3, -0.25) is 9.59 Å². The number of aliphatic hydroxyl groups is 2. The topological polar surface area (TPSA) is 111 Å². The van der Waals surface area contributed by atoms with Crippen molar-refractivity contribution in [3.63, 3.8) is 0 Å². The van der Waals surface area contributed by atoms with E-state index in [2.05, 4.69) is 36.7 Å². The normalized spacial score (nSPS) is 25.7. The van der Waals surface area contributed by atoms with Gasteiger partial charge in [-0.15, -0.1) is 0 Å². The highest BCUT2D eigenvalue weighted by Crippen LogP contribution is 2.56. The monoisotopic (exact) mass is 551 g/mol. The van der Waals surface area contributed by atoms with E-state index in [1.165, 1.54) is 12.1 Å². The number of carbonyl (C=O) groups excluding carboxylic acids is 2. The molecule has 5 atom stereocenters. The molecule has 2 aliphatic rings. The van der Waals surface area contributed by atoms with Gasteiger partial charge in [0.1, 0.15) is 11.2 Å². The standard InChI is InChI=1S/C27H32Cl2FN3O4/c1-26(2,3)12-21-27(17-6-5-15(28)11-20(17)32-25(27)37)22(14-4-7-19(30)18(29)10-14)23(33-21)24(36)31-9-8-16(35)13-34/h4-7,10-11,16,21-23,33-35H,8-9,12-13H2,1-3H3,(H,31,36)(H,32,37). The molecule has 0 aromatic heterocycles. The van der Waals surface area contributed by atoms with E-state index in [0.717, 1.165) is 0 Å². The second-order valence-corrected chi connectivity index (χ2v) is 11.9. The van der Waals surface area contributed by atoms with E-state index in [4.69, 9.17) is 28.3 Å². The van der Waals surface area contributed by atoms with E-state index in [-0.39, 0.29) is 35.2 Å². The summed E-state index contributed by atoms with van der Waals surface area (Å²) in [7, 11) is 0. The Morgan fingerprint density at radius 3 is 2.59 bits per heavy atom. The quantitative estimate of drug-likeness (QED) is 0.360. The maximum atomic E-state index is 14.2. The molecule has 5 N–H and O–H groups in total. The number of rotatable bonds is 7. The Bertz CT molecular complexity index is 1200. The number of amides is 2. The molecule has 2 aromatic carbocycles. The number of aliphatic hydroxyl groups excluding tert-OH is 2. The van der Waals surface area contributed by atoms with Crippen LogP contribution in [0.1, 0.15) is 50.7 Å². The van der Waals surface area contributed by atoms with Crippen LogP contribution in [0.5, 0.6) is 0 Å². The van der Waals surface area contributed by atoms with Crippen molar-refractivity contribution in [3.8, 4) is 0 Å². The van der Waals surface area contributed by atoms with Crippen LogP contribution in [0.3, 0.4) is 0 Å². The fourth-order valence-electron chi connectivity index (χ4n) is 5.69. The second-order valence-electron chi connectivity index (χ2n) is 11.0. The van der Waals surface area contributed by atoms with E-state index >= 15 is 0 Å². The van der Waals surface area contributed by atoms with Crippen LogP contribution < -0.4 is 16.0 Å². The van der Waals surface area contributed by atoms with Crippen LogP contribution >= 0.6 is 23.2 Å². The SMILES string of the molecule is CC(C)(C)CC1NC(C(=O)NCCC(O)CO)C(c2ccc(F)c(Cl)c2)C12C(=O)Nc1cc(Cl)ccc12. The predicted octanol–water partition coefficient (Wildman–Crippen LogP) is 3.74. The molecular weight excluding hydrogens is 520 g/mol. The fraction of sp³-hybridized carbons (Fsp3) is 0.481. The number of hydrogen-bond acceptors (Lipinski definition) is 5. The van der Waals surface area contributed by atoms with Gasteiger partial charge in [-0.1, -0.05) is 56.1 Å². The number of benzene rings is 2. The lowest BCUT2D eigenvalue weighted by Crippen LogP contribution is -2.49. The maximum absolute atomic E-state index is 14.2. The number of halogens is 3. The fourth-order valence-corrected chi connectivity index (χ4v) is 6.05. The Morgan fingerprint density at radius 1 is 1.22 bits per heavy atom. The van der Waals surface area contributed by atoms with Crippen LogP contribution in [0.4, 0.5) is 10.1 Å². The van der Waals surface area contributed by atoms with Crippen molar-refractivity contribution in [1.29, 1.82) is 0 Å². The predicted molar refractivity (Wildman–Crippen MR) is 141 cm³/mol. The Hall–Kier alpha value is -2.23. The molecule has 2 heterocycles. The lowest BCUT2D eigenvalue weighted by molar-refractivity contribution is -0.124. The molecule has 0 saturated carbocycles. The largest absolute Gasteiger partial charge is 0.394 e. The molecule has 0 aliphatic carbocycles. The molecule has 10 heteroatoms.